The molecule has 0 atom stereocenters. The summed E-state index contributed by atoms with van der Waals surface area (Å²) in [7, 11) is 1.33. The molecule has 0 bridgehead atoms. The predicted molar refractivity (Wildman–Crippen MR) is 134 cm³/mol. The van der Waals surface area contributed by atoms with Crippen LogP contribution in [0.1, 0.15) is 48.0 Å². The number of halogens is 1. The summed E-state index contributed by atoms with van der Waals surface area (Å²) in [5.74, 6) is -0.198. The molecule has 0 unspecified atom stereocenters. The number of hydrogen-bond acceptors (Lipinski definition) is 6. The quantitative estimate of drug-likeness (QED) is 0.520. The number of hydrogen-bond donors (Lipinski definition) is 0. The number of benzene rings is 2. The van der Waals surface area contributed by atoms with Crippen LogP contribution in [0.15, 0.2) is 47.3 Å². The monoisotopic (exact) mass is 478 g/mol. The Labute approximate surface area is 204 Å². The van der Waals surface area contributed by atoms with Gasteiger partial charge in [-0.2, -0.15) is 0 Å². The fourth-order valence-electron chi connectivity index (χ4n) is 5.34. The van der Waals surface area contributed by atoms with E-state index in [1.165, 1.54) is 51.3 Å². The zero-order valence-electron chi connectivity index (χ0n) is 20.1. The topological polar surface area (TPSA) is 67.7 Å². The molecule has 3 aromatic rings. The SMILES string of the molecule is COC(=O)c1ccc2c(=O)n(Cc3ccc(F)cc3)c(N3CCN(C4CCCCC4)CC3)nc2c1. The standard InChI is InChI=1S/C27H31FN4O3/c1-35-26(34)20-9-12-23-24(17-20)29-27(32(25(23)33)18-19-7-10-21(28)11-8-19)31-15-13-30(14-16-31)22-5-3-2-4-6-22/h7-12,17,22H,2-6,13-16,18H2,1H3. The van der Waals surface area contributed by atoms with Gasteiger partial charge in [0.2, 0.25) is 5.95 Å². The van der Waals surface area contributed by atoms with Gasteiger partial charge < -0.3 is 9.64 Å². The number of rotatable bonds is 5. The van der Waals surface area contributed by atoms with E-state index in [1.807, 2.05) is 0 Å². The Morgan fingerprint density at radius 3 is 2.43 bits per heavy atom. The normalized spacial score (nSPS) is 17.6. The van der Waals surface area contributed by atoms with Gasteiger partial charge in [-0.15, -0.1) is 0 Å². The molecule has 5 rings (SSSR count). The second-order valence-corrected chi connectivity index (χ2v) is 9.47. The van der Waals surface area contributed by atoms with Gasteiger partial charge in [0.05, 0.1) is 30.1 Å². The summed E-state index contributed by atoms with van der Waals surface area (Å²) in [5, 5.41) is 0.435. The highest BCUT2D eigenvalue weighted by atomic mass is 19.1. The van der Waals surface area contributed by atoms with Gasteiger partial charge in [-0.3, -0.25) is 14.3 Å². The van der Waals surface area contributed by atoms with Crippen LogP contribution < -0.4 is 10.5 Å². The summed E-state index contributed by atoms with van der Waals surface area (Å²) < 4.78 is 20.0. The molecular weight excluding hydrogens is 447 g/mol. The number of piperazine rings is 1. The molecule has 1 aliphatic heterocycles. The third-order valence-electron chi connectivity index (χ3n) is 7.30. The van der Waals surface area contributed by atoms with Crippen molar-refractivity contribution in [2.45, 2.75) is 44.7 Å². The van der Waals surface area contributed by atoms with Crippen LogP contribution in [0.4, 0.5) is 10.3 Å². The number of ether oxygens (including phenoxy) is 1. The smallest absolute Gasteiger partial charge is 0.337 e. The largest absolute Gasteiger partial charge is 0.465 e. The number of nitrogens with zero attached hydrogens (tertiary/aromatic N) is 4. The Kier molecular flexibility index (Phi) is 6.81. The number of anilines is 1. The van der Waals surface area contributed by atoms with Gasteiger partial charge in [0.1, 0.15) is 5.82 Å². The summed E-state index contributed by atoms with van der Waals surface area (Å²) in [6, 6.07) is 11.7. The van der Waals surface area contributed by atoms with Gasteiger partial charge in [-0.1, -0.05) is 31.4 Å². The molecule has 0 N–H and O–H groups in total. The van der Waals surface area contributed by atoms with E-state index in [2.05, 4.69) is 9.80 Å². The van der Waals surface area contributed by atoms with Gasteiger partial charge in [-0.05, 0) is 48.7 Å². The van der Waals surface area contributed by atoms with E-state index in [0.717, 1.165) is 31.7 Å². The molecule has 35 heavy (non-hydrogen) atoms. The number of esters is 1. The van der Waals surface area contributed by atoms with E-state index >= 15 is 0 Å². The second kappa shape index (κ2) is 10.2. The highest BCUT2D eigenvalue weighted by Crippen LogP contribution is 2.25. The second-order valence-electron chi connectivity index (χ2n) is 9.47. The van der Waals surface area contributed by atoms with E-state index in [0.29, 0.717) is 35.0 Å². The molecular formula is C27H31FN4O3. The number of fused-ring (bicyclic) bond motifs is 1. The molecule has 1 aromatic heterocycles. The first-order valence-electron chi connectivity index (χ1n) is 12.4. The van der Waals surface area contributed by atoms with Crippen molar-refractivity contribution in [3.63, 3.8) is 0 Å². The Morgan fingerprint density at radius 1 is 1.03 bits per heavy atom. The van der Waals surface area contributed by atoms with Crippen molar-refractivity contribution in [3.8, 4) is 0 Å². The van der Waals surface area contributed by atoms with Crippen LogP contribution in [-0.2, 0) is 11.3 Å². The van der Waals surface area contributed by atoms with E-state index in [-0.39, 0.29) is 11.4 Å². The molecule has 7 nitrogen and oxygen atoms in total. The lowest BCUT2D eigenvalue weighted by Gasteiger charge is -2.41. The van der Waals surface area contributed by atoms with Gasteiger partial charge in [0.25, 0.3) is 5.56 Å². The van der Waals surface area contributed by atoms with Crippen molar-refractivity contribution in [2.24, 2.45) is 0 Å². The lowest BCUT2D eigenvalue weighted by molar-refractivity contribution is 0.0601. The summed E-state index contributed by atoms with van der Waals surface area (Å²) in [6.07, 6.45) is 6.47. The molecule has 8 heteroatoms. The minimum absolute atomic E-state index is 0.180. The molecule has 0 spiro atoms. The van der Waals surface area contributed by atoms with Gasteiger partial charge in [0, 0.05) is 32.2 Å². The van der Waals surface area contributed by atoms with Gasteiger partial charge >= 0.3 is 5.97 Å². The highest BCUT2D eigenvalue weighted by molar-refractivity contribution is 5.94. The van der Waals surface area contributed by atoms with Crippen LogP contribution in [0.2, 0.25) is 0 Å². The molecule has 2 aliphatic rings. The molecule has 1 aliphatic carbocycles. The predicted octanol–water partition coefficient (Wildman–Crippen LogP) is 3.83. The molecule has 1 saturated heterocycles. The Morgan fingerprint density at radius 2 is 1.74 bits per heavy atom. The first-order valence-corrected chi connectivity index (χ1v) is 12.4. The Hall–Kier alpha value is -3.26. The van der Waals surface area contributed by atoms with Crippen LogP contribution in [0.5, 0.6) is 0 Å². The molecule has 2 fully saturated rings. The fourth-order valence-corrected chi connectivity index (χ4v) is 5.34. The van der Waals surface area contributed by atoms with Crippen molar-refractivity contribution in [2.75, 3.05) is 38.2 Å². The first-order chi connectivity index (χ1) is 17.0. The summed E-state index contributed by atoms with van der Waals surface area (Å²) >= 11 is 0. The summed E-state index contributed by atoms with van der Waals surface area (Å²) in [6.45, 7) is 3.69. The average molecular weight is 479 g/mol. The third-order valence-corrected chi connectivity index (χ3v) is 7.30. The van der Waals surface area contributed by atoms with Crippen LogP contribution in [-0.4, -0.2) is 59.8 Å². The molecule has 0 radical (unpaired) electrons. The summed E-state index contributed by atoms with van der Waals surface area (Å²) in [4.78, 5) is 35.3. The van der Waals surface area contributed by atoms with Gasteiger partial charge in [-0.25, -0.2) is 14.2 Å². The van der Waals surface area contributed by atoms with Crippen molar-refractivity contribution >= 4 is 22.8 Å². The fraction of sp³-hybridized carbons (Fsp3) is 0.444. The lowest BCUT2D eigenvalue weighted by atomic mass is 9.94. The van der Waals surface area contributed by atoms with Crippen LogP contribution in [0, 0.1) is 5.82 Å². The van der Waals surface area contributed by atoms with E-state index < -0.39 is 5.97 Å². The minimum atomic E-state index is -0.466. The van der Waals surface area contributed by atoms with Crippen LogP contribution in [0.3, 0.4) is 0 Å². The number of aromatic nitrogens is 2. The van der Waals surface area contributed by atoms with Crippen molar-refractivity contribution < 1.29 is 13.9 Å². The highest BCUT2D eigenvalue weighted by Gasteiger charge is 2.27. The molecule has 184 valence electrons. The lowest BCUT2D eigenvalue weighted by Crippen LogP contribution is -2.52. The van der Waals surface area contributed by atoms with Crippen molar-refractivity contribution in [1.82, 2.24) is 14.5 Å². The number of methoxy groups -OCH3 is 1. The number of carbonyl (C=O) groups is 1. The van der Waals surface area contributed by atoms with Crippen molar-refractivity contribution in [3.05, 3.63) is 69.8 Å². The maximum atomic E-state index is 13.6. The minimum Gasteiger partial charge on any atom is -0.465 e. The molecule has 2 aromatic carbocycles. The van der Waals surface area contributed by atoms with E-state index in [4.69, 9.17) is 9.72 Å². The Bertz CT molecular complexity index is 1260. The van der Waals surface area contributed by atoms with Crippen LogP contribution >= 0.6 is 0 Å². The zero-order valence-corrected chi connectivity index (χ0v) is 20.1. The third kappa shape index (κ3) is 4.93. The van der Waals surface area contributed by atoms with E-state index in [9.17, 15) is 14.0 Å². The summed E-state index contributed by atoms with van der Waals surface area (Å²) in [5.41, 5.74) is 1.47. The van der Waals surface area contributed by atoms with E-state index in [1.54, 1.807) is 34.9 Å². The van der Waals surface area contributed by atoms with Crippen molar-refractivity contribution in [1.29, 1.82) is 0 Å². The molecule has 0 amide bonds. The number of carbonyl (C=O) groups excluding carboxylic acids is 1. The maximum absolute atomic E-state index is 13.6. The molecule has 2 heterocycles. The molecule has 1 saturated carbocycles. The van der Waals surface area contributed by atoms with Crippen LogP contribution in [0.25, 0.3) is 10.9 Å². The van der Waals surface area contributed by atoms with Gasteiger partial charge in [0.15, 0.2) is 0 Å². The first kappa shape index (κ1) is 23.5. The maximum Gasteiger partial charge on any atom is 0.337 e. The average Bonchev–Trinajstić information content (AvgIpc) is 2.91. The Balaban J connectivity index is 1.50. The zero-order chi connectivity index (χ0) is 24.4.